The number of nitrogens with zero attached hydrogens (tertiary/aromatic N) is 1. The molecule has 0 aliphatic heterocycles. The summed E-state index contributed by atoms with van der Waals surface area (Å²) in [5.41, 5.74) is 3.94. The van der Waals surface area contributed by atoms with Gasteiger partial charge in [-0.15, -0.1) is 0 Å². The highest BCUT2D eigenvalue weighted by molar-refractivity contribution is 6.39. The first-order valence-electron chi connectivity index (χ1n) is 9.93. The molecule has 168 valence electrons. The molecular formula is C24H21FN4O4. The minimum atomic E-state index is -0.988. The van der Waals surface area contributed by atoms with Crippen molar-refractivity contribution in [3.63, 3.8) is 0 Å². The summed E-state index contributed by atoms with van der Waals surface area (Å²) in [7, 11) is 0. The van der Waals surface area contributed by atoms with Gasteiger partial charge in [-0.05, 0) is 47.5 Å². The van der Waals surface area contributed by atoms with E-state index < -0.39 is 17.6 Å². The van der Waals surface area contributed by atoms with Gasteiger partial charge in [0.2, 0.25) is 0 Å². The van der Waals surface area contributed by atoms with Crippen LogP contribution in [0.3, 0.4) is 0 Å². The van der Waals surface area contributed by atoms with Crippen molar-refractivity contribution in [2.24, 2.45) is 5.10 Å². The van der Waals surface area contributed by atoms with E-state index in [1.54, 1.807) is 24.3 Å². The van der Waals surface area contributed by atoms with Crippen molar-refractivity contribution in [1.29, 1.82) is 0 Å². The van der Waals surface area contributed by atoms with Gasteiger partial charge in [0, 0.05) is 12.2 Å². The van der Waals surface area contributed by atoms with Crippen molar-refractivity contribution in [2.75, 3.05) is 11.9 Å². The molecule has 3 amide bonds. The Labute approximate surface area is 189 Å². The quantitative estimate of drug-likeness (QED) is 0.280. The summed E-state index contributed by atoms with van der Waals surface area (Å²) >= 11 is 0. The summed E-state index contributed by atoms with van der Waals surface area (Å²) in [6.07, 6.45) is 1.32. The van der Waals surface area contributed by atoms with E-state index in [0.717, 1.165) is 17.7 Å². The molecule has 0 fully saturated rings. The lowest BCUT2D eigenvalue weighted by atomic mass is 10.2. The third-order valence-electron chi connectivity index (χ3n) is 4.25. The molecule has 3 rings (SSSR count). The Hall–Kier alpha value is -4.53. The second-order valence-electron chi connectivity index (χ2n) is 6.78. The van der Waals surface area contributed by atoms with Crippen LogP contribution in [0.1, 0.15) is 11.1 Å². The molecule has 3 N–H and O–H groups in total. The zero-order chi connectivity index (χ0) is 23.5. The number of hydrogen-bond donors (Lipinski definition) is 3. The molecule has 8 nitrogen and oxygen atoms in total. The molecule has 9 heteroatoms. The van der Waals surface area contributed by atoms with Gasteiger partial charge in [0.05, 0.1) is 6.21 Å². The maximum absolute atomic E-state index is 12.9. The van der Waals surface area contributed by atoms with E-state index >= 15 is 0 Å². The number of hydrogen-bond acceptors (Lipinski definition) is 5. The highest BCUT2D eigenvalue weighted by Crippen LogP contribution is 2.12. The van der Waals surface area contributed by atoms with Crippen molar-refractivity contribution in [3.8, 4) is 5.75 Å². The first-order chi connectivity index (χ1) is 16.0. The molecule has 0 saturated carbocycles. The molecule has 0 bridgehead atoms. The lowest BCUT2D eigenvalue weighted by Crippen LogP contribution is -2.32. The number of halogens is 1. The maximum atomic E-state index is 12.9. The van der Waals surface area contributed by atoms with Gasteiger partial charge in [-0.3, -0.25) is 14.4 Å². The summed E-state index contributed by atoms with van der Waals surface area (Å²) in [6, 6.07) is 21.2. The molecule has 0 saturated heterocycles. The minimum absolute atomic E-state index is 0.159. The van der Waals surface area contributed by atoms with Crippen molar-refractivity contribution in [3.05, 3.63) is 95.8 Å². The Bertz CT molecular complexity index is 1130. The van der Waals surface area contributed by atoms with Crippen LogP contribution in [0, 0.1) is 5.82 Å². The van der Waals surface area contributed by atoms with Crippen LogP contribution in [-0.4, -0.2) is 30.5 Å². The fourth-order valence-corrected chi connectivity index (χ4v) is 2.62. The van der Waals surface area contributed by atoms with E-state index in [9.17, 15) is 18.8 Å². The lowest BCUT2D eigenvalue weighted by Gasteiger charge is -2.08. The molecule has 3 aromatic carbocycles. The van der Waals surface area contributed by atoms with E-state index in [2.05, 4.69) is 21.2 Å². The standard InChI is InChI=1S/C24H21FN4O4/c25-19-9-11-20(12-10-19)28-23(31)24(32)29-27-15-18-7-4-8-21(13-18)33-16-22(30)26-14-17-5-2-1-3-6-17/h1-13,15H,14,16H2,(H,26,30)(H,28,31)(H,29,32)/b27-15-. The highest BCUT2D eigenvalue weighted by Gasteiger charge is 2.12. The lowest BCUT2D eigenvalue weighted by molar-refractivity contribution is -0.136. The monoisotopic (exact) mass is 448 g/mol. The van der Waals surface area contributed by atoms with Crippen molar-refractivity contribution >= 4 is 29.6 Å². The molecule has 0 unspecified atom stereocenters. The van der Waals surface area contributed by atoms with Crippen LogP contribution in [0.25, 0.3) is 0 Å². The topological polar surface area (TPSA) is 109 Å². The molecule has 0 aliphatic carbocycles. The van der Waals surface area contributed by atoms with Crippen LogP contribution in [0.2, 0.25) is 0 Å². The molecule has 0 aromatic heterocycles. The second kappa shape index (κ2) is 11.8. The number of ether oxygens (including phenoxy) is 1. The van der Waals surface area contributed by atoms with Gasteiger partial charge in [0.15, 0.2) is 6.61 Å². The number of anilines is 1. The third kappa shape index (κ3) is 7.91. The van der Waals surface area contributed by atoms with E-state index in [1.165, 1.54) is 18.3 Å². The smallest absolute Gasteiger partial charge is 0.329 e. The third-order valence-corrected chi connectivity index (χ3v) is 4.25. The number of carbonyl (C=O) groups excluding carboxylic acids is 3. The van der Waals surface area contributed by atoms with Gasteiger partial charge in [0.1, 0.15) is 11.6 Å². The number of nitrogens with one attached hydrogen (secondary N) is 3. The first kappa shape index (κ1) is 23.1. The van der Waals surface area contributed by atoms with Gasteiger partial charge in [-0.1, -0.05) is 42.5 Å². The Balaban J connectivity index is 1.43. The first-order valence-corrected chi connectivity index (χ1v) is 9.93. The average Bonchev–Trinajstić information content (AvgIpc) is 2.83. The van der Waals surface area contributed by atoms with Gasteiger partial charge in [-0.25, -0.2) is 9.82 Å². The average molecular weight is 448 g/mol. The Morgan fingerprint density at radius 3 is 2.42 bits per heavy atom. The normalized spacial score (nSPS) is 10.5. The molecule has 0 aliphatic rings. The fraction of sp³-hybridized carbons (Fsp3) is 0.0833. The molecular weight excluding hydrogens is 427 g/mol. The van der Waals surface area contributed by atoms with Gasteiger partial charge < -0.3 is 15.4 Å². The summed E-state index contributed by atoms with van der Waals surface area (Å²) < 4.78 is 18.4. The number of carbonyl (C=O) groups is 3. The maximum Gasteiger partial charge on any atom is 0.329 e. The minimum Gasteiger partial charge on any atom is -0.484 e. The molecule has 33 heavy (non-hydrogen) atoms. The molecule has 0 radical (unpaired) electrons. The zero-order valence-electron chi connectivity index (χ0n) is 17.5. The van der Waals surface area contributed by atoms with Gasteiger partial charge in [-0.2, -0.15) is 5.10 Å². The second-order valence-corrected chi connectivity index (χ2v) is 6.78. The van der Waals surface area contributed by atoms with E-state index in [4.69, 9.17) is 4.74 Å². The summed E-state index contributed by atoms with van der Waals surface area (Å²) in [5, 5.41) is 8.83. The molecule has 0 spiro atoms. The summed E-state index contributed by atoms with van der Waals surface area (Å²) in [5.74, 6) is -2.22. The number of rotatable bonds is 8. The highest BCUT2D eigenvalue weighted by atomic mass is 19.1. The van der Waals surface area contributed by atoms with Crippen molar-refractivity contribution in [2.45, 2.75) is 6.54 Å². The number of hydrazone groups is 1. The largest absolute Gasteiger partial charge is 0.484 e. The van der Waals surface area contributed by atoms with Crippen molar-refractivity contribution in [1.82, 2.24) is 10.7 Å². The zero-order valence-corrected chi connectivity index (χ0v) is 17.5. The number of benzene rings is 3. The predicted octanol–water partition coefficient (Wildman–Crippen LogP) is 2.61. The number of amides is 3. The van der Waals surface area contributed by atoms with Crippen LogP contribution >= 0.6 is 0 Å². The van der Waals surface area contributed by atoms with E-state index in [-0.39, 0.29) is 18.2 Å². The molecule has 0 heterocycles. The van der Waals surface area contributed by atoms with Crippen molar-refractivity contribution < 1.29 is 23.5 Å². The van der Waals surface area contributed by atoms with Gasteiger partial charge in [0.25, 0.3) is 5.91 Å². The van der Waals surface area contributed by atoms with Crippen LogP contribution < -0.4 is 20.8 Å². The fourth-order valence-electron chi connectivity index (χ4n) is 2.62. The molecule has 0 atom stereocenters. The molecule has 3 aromatic rings. The Kier molecular flexibility index (Phi) is 8.24. The van der Waals surface area contributed by atoms with E-state index in [1.807, 2.05) is 30.3 Å². The Morgan fingerprint density at radius 1 is 0.909 bits per heavy atom. The predicted molar refractivity (Wildman–Crippen MR) is 121 cm³/mol. The van der Waals surface area contributed by atoms with E-state index in [0.29, 0.717) is 17.9 Å². The van der Waals surface area contributed by atoms with Crippen LogP contribution in [-0.2, 0) is 20.9 Å². The SMILES string of the molecule is O=C(COc1cccc(/C=N\NC(=O)C(=O)Nc2ccc(F)cc2)c1)NCc1ccccc1. The summed E-state index contributed by atoms with van der Waals surface area (Å²) in [6.45, 7) is 0.248. The van der Waals surface area contributed by atoms with Crippen LogP contribution in [0.15, 0.2) is 84.0 Å². The summed E-state index contributed by atoms with van der Waals surface area (Å²) in [4.78, 5) is 35.6. The van der Waals surface area contributed by atoms with Gasteiger partial charge >= 0.3 is 11.8 Å². The Morgan fingerprint density at radius 2 is 1.67 bits per heavy atom. The van der Waals surface area contributed by atoms with Crippen LogP contribution in [0.5, 0.6) is 5.75 Å². The van der Waals surface area contributed by atoms with Crippen LogP contribution in [0.4, 0.5) is 10.1 Å².